The van der Waals surface area contributed by atoms with Crippen LogP contribution >= 0.6 is 11.3 Å². The van der Waals surface area contributed by atoms with E-state index >= 15 is 0 Å². The van der Waals surface area contributed by atoms with Gasteiger partial charge in [-0.3, -0.25) is 0 Å². The fourth-order valence-electron chi connectivity index (χ4n) is 1.95. The van der Waals surface area contributed by atoms with Crippen LogP contribution in [0.3, 0.4) is 0 Å². The number of nitrogens with zero attached hydrogens (tertiary/aromatic N) is 4. The zero-order valence-electron chi connectivity index (χ0n) is 12.2. The largest absolute Gasteiger partial charge is 0.441 e. The fraction of sp³-hybridized carbons (Fsp3) is 0.125. The van der Waals surface area contributed by atoms with Gasteiger partial charge in [0.1, 0.15) is 6.07 Å². The molecule has 0 fully saturated rings. The summed E-state index contributed by atoms with van der Waals surface area (Å²) < 4.78 is 6.57. The molecule has 0 spiro atoms. The second-order valence-electron chi connectivity index (χ2n) is 4.66. The quantitative estimate of drug-likeness (QED) is 0.689. The molecule has 0 bridgehead atoms. The molecule has 0 aliphatic rings. The Morgan fingerprint density at radius 3 is 2.74 bits per heavy atom. The summed E-state index contributed by atoms with van der Waals surface area (Å²) in [6.07, 6.45) is -0.851. The van der Waals surface area contributed by atoms with Crippen LogP contribution in [0.25, 0.3) is 16.4 Å². The van der Waals surface area contributed by atoms with Crippen molar-refractivity contribution in [3.05, 3.63) is 53.7 Å². The van der Waals surface area contributed by atoms with Crippen molar-refractivity contribution in [3.63, 3.8) is 0 Å². The molecule has 0 aliphatic heterocycles. The van der Waals surface area contributed by atoms with Gasteiger partial charge in [0.2, 0.25) is 0 Å². The van der Waals surface area contributed by atoms with Crippen molar-refractivity contribution < 1.29 is 9.53 Å². The molecule has 2 heterocycles. The normalized spacial score (nSPS) is 11.7. The van der Waals surface area contributed by atoms with Crippen molar-refractivity contribution in [3.8, 4) is 22.5 Å². The van der Waals surface area contributed by atoms with E-state index in [4.69, 9.17) is 10.00 Å². The number of ether oxygens (including phenoxy) is 1. The van der Waals surface area contributed by atoms with Gasteiger partial charge < -0.3 is 4.74 Å². The second-order valence-corrected chi connectivity index (χ2v) is 5.61. The second kappa shape index (κ2) is 6.42. The van der Waals surface area contributed by atoms with E-state index in [2.05, 4.69) is 10.1 Å². The van der Waals surface area contributed by atoms with Crippen LogP contribution < -0.4 is 0 Å². The van der Waals surface area contributed by atoms with Gasteiger partial charge in [0.25, 0.3) is 5.82 Å². The van der Waals surface area contributed by atoms with Gasteiger partial charge in [-0.15, -0.1) is 16.4 Å². The maximum Gasteiger partial charge on any atom is 0.379 e. The zero-order valence-corrected chi connectivity index (χ0v) is 13.0. The minimum atomic E-state index is -0.851. The first-order chi connectivity index (χ1) is 11.2. The van der Waals surface area contributed by atoms with Crippen molar-refractivity contribution >= 4 is 17.3 Å². The summed E-state index contributed by atoms with van der Waals surface area (Å²) >= 11 is 1.50. The van der Waals surface area contributed by atoms with E-state index < -0.39 is 12.1 Å². The predicted octanol–water partition coefficient (Wildman–Crippen LogP) is 3.06. The first kappa shape index (κ1) is 14.9. The summed E-state index contributed by atoms with van der Waals surface area (Å²) in [5.41, 5.74) is 0.788. The van der Waals surface area contributed by atoms with E-state index in [0.29, 0.717) is 5.82 Å². The van der Waals surface area contributed by atoms with Crippen LogP contribution in [0.15, 0.2) is 47.8 Å². The zero-order chi connectivity index (χ0) is 16.2. The Balaban J connectivity index is 2.05. The van der Waals surface area contributed by atoms with Gasteiger partial charge in [-0.1, -0.05) is 24.3 Å². The Morgan fingerprint density at radius 1 is 1.30 bits per heavy atom. The summed E-state index contributed by atoms with van der Waals surface area (Å²) in [6.45, 7) is 1.49. The molecule has 1 atom stereocenters. The Kier molecular flexibility index (Phi) is 4.17. The molecule has 3 aromatic rings. The predicted molar refractivity (Wildman–Crippen MR) is 85.2 cm³/mol. The van der Waals surface area contributed by atoms with E-state index in [-0.39, 0.29) is 5.82 Å². The number of esters is 1. The summed E-state index contributed by atoms with van der Waals surface area (Å²) in [5.74, 6) is -0.228. The highest BCUT2D eigenvalue weighted by atomic mass is 32.1. The molecule has 3 rings (SSSR count). The maximum absolute atomic E-state index is 12.1. The average molecular weight is 324 g/mol. The summed E-state index contributed by atoms with van der Waals surface area (Å²) in [7, 11) is 0. The Labute approximate surface area is 136 Å². The van der Waals surface area contributed by atoms with Crippen molar-refractivity contribution in [1.82, 2.24) is 14.8 Å². The Morgan fingerprint density at radius 2 is 2.09 bits per heavy atom. The van der Waals surface area contributed by atoms with Gasteiger partial charge in [-0.05, 0) is 30.5 Å². The van der Waals surface area contributed by atoms with E-state index in [1.54, 1.807) is 4.68 Å². The number of benzene rings is 1. The van der Waals surface area contributed by atoms with E-state index in [1.807, 2.05) is 53.9 Å². The third-order valence-corrected chi connectivity index (χ3v) is 3.86. The standard InChI is InChI=1S/C16H12N4O2S/c1-11(10-17)22-16(21)14-18-15(13-8-5-9-23-13)20(19-14)12-6-3-2-4-7-12/h2-9,11H,1H3. The number of nitriles is 1. The topological polar surface area (TPSA) is 80.8 Å². The van der Waals surface area contributed by atoms with Crippen LogP contribution in [0.5, 0.6) is 0 Å². The number of carbonyl (C=O) groups is 1. The van der Waals surface area contributed by atoms with Gasteiger partial charge >= 0.3 is 5.97 Å². The monoisotopic (exact) mass is 324 g/mol. The van der Waals surface area contributed by atoms with Crippen LogP contribution in [0.4, 0.5) is 0 Å². The summed E-state index contributed by atoms with van der Waals surface area (Å²) in [6, 6.07) is 15.1. The number of thiophene rings is 1. The molecule has 1 aromatic carbocycles. The smallest absolute Gasteiger partial charge is 0.379 e. The number of rotatable bonds is 4. The third-order valence-electron chi connectivity index (χ3n) is 3.00. The minimum absolute atomic E-state index is 0.0700. The number of para-hydroxylation sites is 1. The van der Waals surface area contributed by atoms with Crippen LogP contribution in [0.1, 0.15) is 17.5 Å². The van der Waals surface area contributed by atoms with Gasteiger partial charge in [0.15, 0.2) is 11.9 Å². The molecule has 2 aromatic heterocycles. The highest BCUT2D eigenvalue weighted by Crippen LogP contribution is 2.25. The molecule has 6 nitrogen and oxygen atoms in total. The van der Waals surface area contributed by atoms with Crippen LogP contribution in [0, 0.1) is 11.3 Å². The fourth-order valence-corrected chi connectivity index (χ4v) is 2.65. The molecule has 1 unspecified atom stereocenters. The first-order valence-corrected chi connectivity index (χ1v) is 7.74. The minimum Gasteiger partial charge on any atom is -0.441 e. The lowest BCUT2D eigenvalue weighted by Crippen LogP contribution is -2.14. The van der Waals surface area contributed by atoms with Crippen LogP contribution in [-0.4, -0.2) is 26.8 Å². The molecule has 0 N–H and O–H groups in total. The number of aromatic nitrogens is 3. The Hall–Kier alpha value is -2.98. The molecular weight excluding hydrogens is 312 g/mol. The van der Waals surface area contributed by atoms with E-state index in [0.717, 1.165) is 10.6 Å². The first-order valence-electron chi connectivity index (χ1n) is 6.86. The molecular formula is C16H12N4O2S. The molecule has 114 valence electrons. The van der Waals surface area contributed by atoms with Gasteiger partial charge in [-0.2, -0.15) is 10.2 Å². The molecule has 7 heteroatoms. The van der Waals surface area contributed by atoms with Crippen molar-refractivity contribution in [1.29, 1.82) is 5.26 Å². The highest BCUT2D eigenvalue weighted by Gasteiger charge is 2.21. The molecule has 0 amide bonds. The number of carbonyl (C=O) groups excluding carboxylic acids is 1. The van der Waals surface area contributed by atoms with Gasteiger partial charge in [-0.25, -0.2) is 9.48 Å². The summed E-state index contributed by atoms with van der Waals surface area (Å²) in [4.78, 5) is 17.2. The molecule has 0 saturated carbocycles. The Bertz CT molecular complexity index is 850. The van der Waals surface area contributed by atoms with Crippen LogP contribution in [-0.2, 0) is 4.74 Å². The summed E-state index contributed by atoms with van der Waals surface area (Å²) in [5, 5.41) is 14.9. The molecule has 23 heavy (non-hydrogen) atoms. The molecule has 0 aliphatic carbocycles. The van der Waals surface area contributed by atoms with E-state index in [9.17, 15) is 4.79 Å². The maximum atomic E-state index is 12.1. The SMILES string of the molecule is CC(C#N)OC(=O)c1nc(-c2cccs2)n(-c2ccccc2)n1. The number of hydrogen-bond acceptors (Lipinski definition) is 6. The van der Waals surface area contributed by atoms with Gasteiger partial charge in [0, 0.05) is 0 Å². The highest BCUT2D eigenvalue weighted by molar-refractivity contribution is 7.13. The molecule has 0 saturated heterocycles. The van der Waals surface area contributed by atoms with Crippen molar-refractivity contribution in [2.45, 2.75) is 13.0 Å². The van der Waals surface area contributed by atoms with Crippen LogP contribution in [0.2, 0.25) is 0 Å². The lowest BCUT2D eigenvalue weighted by molar-refractivity contribution is 0.0421. The lowest BCUT2D eigenvalue weighted by Gasteiger charge is -2.03. The number of hydrogen-bond donors (Lipinski definition) is 0. The van der Waals surface area contributed by atoms with Gasteiger partial charge in [0.05, 0.1) is 10.6 Å². The molecule has 0 radical (unpaired) electrons. The van der Waals surface area contributed by atoms with Crippen molar-refractivity contribution in [2.24, 2.45) is 0 Å². The van der Waals surface area contributed by atoms with E-state index in [1.165, 1.54) is 18.3 Å². The van der Waals surface area contributed by atoms with Crippen molar-refractivity contribution in [2.75, 3.05) is 0 Å². The average Bonchev–Trinajstić information content (AvgIpc) is 3.24. The lowest BCUT2D eigenvalue weighted by atomic mass is 10.3. The third kappa shape index (κ3) is 3.12.